The fraction of sp³-hybridized carbons (Fsp3) is 0.0714. The Bertz CT molecular complexity index is 632. The lowest BCUT2D eigenvalue weighted by Crippen LogP contribution is -1.93. The van der Waals surface area contributed by atoms with Gasteiger partial charge in [-0.2, -0.15) is 5.26 Å². The molecule has 0 radical (unpaired) electrons. The summed E-state index contributed by atoms with van der Waals surface area (Å²) >= 11 is 0. The van der Waals surface area contributed by atoms with Crippen LogP contribution >= 0.6 is 0 Å². The van der Waals surface area contributed by atoms with E-state index >= 15 is 0 Å². The van der Waals surface area contributed by atoms with Crippen molar-refractivity contribution >= 4 is 5.69 Å². The molecular formula is C14H11FN2O. The van der Waals surface area contributed by atoms with Gasteiger partial charge in [-0.3, -0.25) is 0 Å². The Kier molecular flexibility index (Phi) is 3.16. The maximum Gasteiger partial charge on any atom is 0.134 e. The van der Waals surface area contributed by atoms with E-state index in [0.29, 0.717) is 28.1 Å². The molecule has 0 spiro atoms. The zero-order chi connectivity index (χ0) is 13.1. The van der Waals surface area contributed by atoms with Gasteiger partial charge in [-0.1, -0.05) is 6.07 Å². The fourth-order valence-corrected chi connectivity index (χ4v) is 1.69. The number of benzene rings is 2. The Balaban J connectivity index is 2.49. The lowest BCUT2D eigenvalue weighted by Gasteiger charge is -2.07. The number of methoxy groups -OCH3 is 1. The van der Waals surface area contributed by atoms with Gasteiger partial charge < -0.3 is 10.5 Å². The van der Waals surface area contributed by atoms with E-state index in [2.05, 4.69) is 0 Å². The van der Waals surface area contributed by atoms with Crippen LogP contribution in [0.15, 0.2) is 36.4 Å². The summed E-state index contributed by atoms with van der Waals surface area (Å²) in [5.74, 6) is 0.0660. The second-order valence-corrected chi connectivity index (χ2v) is 3.76. The molecule has 4 heteroatoms. The minimum absolute atomic E-state index is 0.338. The highest BCUT2D eigenvalue weighted by molar-refractivity contribution is 5.71. The molecule has 2 aromatic carbocycles. The fourth-order valence-electron chi connectivity index (χ4n) is 1.69. The van der Waals surface area contributed by atoms with Crippen LogP contribution in [0.2, 0.25) is 0 Å². The van der Waals surface area contributed by atoms with E-state index in [1.54, 1.807) is 30.3 Å². The van der Waals surface area contributed by atoms with Crippen molar-refractivity contribution in [3.05, 3.63) is 47.8 Å². The molecule has 0 amide bonds. The molecule has 0 aromatic heterocycles. The lowest BCUT2D eigenvalue weighted by molar-refractivity contribution is 0.411. The van der Waals surface area contributed by atoms with E-state index in [4.69, 9.17) is 15.7 Å². The molecule has 0 bridgehead atoms. The average Bonchev–Trinajstić information content (AvgIpc) is 2.38. The molecule has 18 heavy (non-hydrogen) atoms. The smallest absolute Gasteiger partial charge is 0.134 e. The monoisotopic (exact) mass is 242 g/mol. The van der Waals surface area contributed by atoms with Crippen LogP contribution in [0.1, 0.15) is 5.56 Å². The molecule has 3 nitrogen and oxygen atoms in total. The number of ether oxygens (including phenoxy) is 1. The summed E-state index contributed by atoms with van der Waals surface area (Å²) in [5.41, 5.74) is 7.48. The number of rotatable bonds is 2. The first-order valence-corrected chi connectivity index (χ1v) is 5.29. The third-order valence-electron chi connectivity index (χ3n) is 2.66. The molecule has 2 aromatic rings. The third kappa shape index (κ3) is 2.11. The molecule has 0 aliphatic carbocycles. The first kappa shape index (κ1) is 11.9. The van der Waals surface area contributed by atoms with Gasteiger partial charge in [0.05, 0.1) is 18.4 Å². The Morgan fingerprint density at radius 3 is 2.56 bits per heavy atom. The summed E-state index contributed by atoms with van der Waals surface area (Å²) < 4.78 is 18.8. The van der Waals surface area contributed by atoms with Crippen molar-refractivity contribution in [1.82, 2.24) is 0 Å². The topological polar surface area (TPSA) is 59.0 Å². The highest BCUT2D eigenvalue weighted by Gasteiger charge is 2.08. The van der Waals surface area contributed by atoms with Gasteiger partial charge in [0, 0.05) is 11.6 Å². The molecule has 2 rings (SSSR count). The van der Waals surface area contributed by atoms with Crippen molar-refractivity contribution < 1.29 is 9.13 Å². The number of halogens is 1. The summed E-state index contributed by atoms with van der Waals surface area (Å²) in [4.78, 5) is 0. The Morgan fingerprint density at radius 2 is 2.00 bits per heavy atom. The highest BCUT2D eigenvalue weighted by atomic mass is 19.1. The molecule has 0 saturated heterocycles. The summed E-state index contributed by atoms with van der Waals surface area (Å²) in [6.45, 7) is 0. The van der Waals surface area contributed by atoms with Crippen molar-refractivity contribution in [1.29, 1.82) is 5.26 Å². The summed E-state index contributed by atoms with van der Waals surface area (Å²) in [5, 5.41) is 8.78. The molecule has 0 fully saturated rings. The SMILES string of the molecule is COc1ccc(-c2ccc(C#N)c(N)c2)c(F)c1. The Labute approximate surface area is 104 Å². The normalized spacial score (nSPS) is 9.83. The van der Waals surface area contributed by atoms with Crippen LogP contribution in [0.25, 0.3) is 11.1 Å². The van der Waals surface area contributed by atoms with Crippen LogP contribution in [-0.2, 0) is 0 Å². The van der Waals surface area contributed by atoms with E-state index in [-0.39, 0.29) is 0 Å². The second kappa shape index (κ2) is 4.76. The predicted molar refractivity (Wildman–Crippen MR) is 67.5 cm³/mol. The maximum absolute atomic E-state index is 13.9. The second-order valence-electron chi connectivity index (χ2n) is 3.76. The lowest BCUT2D eigenvalue weighted by atomic mass is 10.0. The van der Waals surface area contributed by atoms with Gasteiger partial charge in [-0.05, 0) is 29.8 Å². The van der Waals surface area contributed by atoms with Gasteiger partial charge in [0.15, 0.2) is 0 Å². The number of hydrogen-bond acceptors (Lipinski definition) is 3. The van der Waals surface area contributed by atoms with E-state index in [0.717, 1.165) is 0 Å². The number of nitrogens with two attached hydrogens (primary N) is 1. The van der Waals surface area contributed by atoms with E-state index in [1.165, 1.54) is 13.2 Å². The zero-order valence-corrected chi connectivity index (χ0v) is 9.77. The Morgan fingerprint density at radius 1 is 1.22 bits per heavy atom. The van der Waals surface area contributed by atoms with Crippen LogP contribution in [0.5, 0.6) is 5.75 Å². The van der Waals surface area contributed by atoms with Gasteiger partial charge in [0.1, 0.15) is 17.6 Å². The molecule has 0 unspecified atom stereocenters. The molecule has 0 heterocycles. The number of nitrogen functional groups attached to an aromatic ring is 1. The van der Waals surface area contributed by atoms with Gasteiger partial charge in [0.25, 0.3) is 0 Å². The maximum atomic E-state index is 13.9. The van der Waals surface area contributed by atoms with Gasteiger partial charge in [-0.15, -0.1) is 0 Å². The first-order valence-electron chi connectivity index (χ1n) is 5.29. The molecular weight excluding hydrogens is 231 g/mol. The van der Waals surface area contributed by atoms with E-state index in [9.17, 15) is 4.39 Å². The quantitative estimate of drug-likeness (QED) is 0.823. The predicted octanol–water partition coefficient (Wildman–Crippen LogP) is 2.96. The van der Waals surface area contributed by atoms with Crippen LogP contribution in [0.3, 0.4) is 0 Å². The Hall–Kier alpha value is -2.54. The number of hydrogen-bond donors (Lipinski definition) is 1. The average molecular weight is 242 g/mol. The summed E-state index contributed by atoms with van der Waals surface area (Å²) in [6.07, 6.45) is 0. The highest BCUT2D eigenvalue weighted by Crippen LogP contribution is 2.28. The summed E-state index contributed by atoms with van der Waals surface area (Å²) in [7, 11) is 1.48. The van der Waals surface area contributed by atoms with Crippen molar-refractivity contribution in [2.45, 2.75) is 0 Å². The van der Waals surface area contributed by atoms with Crippen LogP contribution in [0, 0.1) is 17.1 Å². The van der Waals surface area contributed by atoms with E-state index < -0.39 is 5.82 Å². The van der Waals surface area contributed by atoms with Crippen LogP contribution in [0.4, 0.5) is 10.1 Å². The van der Waals surface area contributed by atoms with Crippen LogP contribution < -0.4 is 10.5 Å². The number of anilines is 1. The molecule has 90 valence electrons. The van der Waals surface area contributed by atoms with Gasteiger partial charge in [0.2, 0.25) is 0 Å². The molecule has 0 atom stereocenters. The van der Waals surface area contributed by atoms with Crippen molar-refractivity contribution in [3.63, 3.8) is 0 Å². The summed E-state index contributed by atoms with van der Waals surface area (Å²) in [6, 6.07) is 11.4. The van der Waals surface area contributed by atoms with E-state index in [1.807, 2.05) is 6.07 Å². The van der Waals surface area contributed by atoms with Gasteiger partial charge in [-0.25, -0.2) is 4.39 Å². The zero-order valence-electron chi connectivity index (χ0n) is 9.77. The van der Waals surface area contributed by atoms with Gasteiger partial charge >= 0.3 is 0 Å². The third-order valence-corrected chi connectivity index (χ3v) is 2.66. The number of nitriles is 1. The molecule has 0 saturated carbocycles. The number of nitrogens with zero attached hydrogens (tertiary/aromatic N) is 1. The standard InChI is InChI=1S/C14H11FN2O/c1-18-11-4-5-12(13(15)7-11)9-2-3-10(8-16)14(17)6-9/h2-7H,17H2,1H3. The van der Waals surface area contributed by atoms with Crippen molar-refractivity contribution in [2.75, 3.05) is 12.8 Å². The van der Waals surface area contributed by atoms with Crippen molar-refractivity contribution in [3.8, 4) is 22.9 Å². The molecule has 0 aliphatic heterocycles. The first-order chi connectivity index (χ1) is 8.65. The largest absolute Gasteiger partial charge is 0.497 e. The van der Waals surface area contributed by atoms with Crippen LogP contribution in [-0.4, -0.2) is 7.11 Å². The molecule has 2 N–H and O–H groups in total. The molecule has 0 aliphatic rings. The minimum Gasteiger partial charge on any atom is -0.497 e. The van der Waals surface area contributed by atoms with Crippen molar-refractivity contribution in [2.24, 2.45) is 0 Å². The minimum atomic E-state index is -0.390.